The number of furan rings is 4. The smallest absolute Gasteiger partial charge is 0.159 e. The summed E-state index contributed by atoms with van der Waals surface area (Å²) >= 11 is 0. The van der Waals surface area contributed by atoms with E-state index in [2.05, 4.69) is 245 Å². The number of fused-ring (bicyclic) bond motifs is 12. The van der Waals surface area contributed by atoms with Crippen LogP contribution in [-0.4, -0.2) is 0 Å². The highest BCUT2D eigenvalue weighted by Gasteiger charge is 2.31. The van der Waals surface area contributed by atoms with Crippen molar-refractivity contribution < 1.29 is 17.7 Å². The van der Waals surface area contributed by atoms with Crippen LogP contribution in [0.5, 0.6) is 0 Å². The molecule has 0 spiro atoms. The molecular weight excluding hydrogens is 981 g/mol. The van der Waals surface area contributed by atoms with Gasteiger partial charge in [-0.3, -0.25) is 0 Å². The monoisotopic (exact) mass is 1040 g/mol. The molecule has 16 aromatic rings. The first-order valence-electron chi connectivity index (χ1n) is 28.1. The van der Waals surface area contributed by atoms with E-state index in [1.165, 1.54) is 21.9 Å². The van der Waals surface area contributed by atoms with Gasteiger partial charge in [0, 0.05) is 65.0 Å². The molecule has 0 saturated heterocycles. The Kier molecular flexibility index (Phi) is 9.89. The lowest BCUT2D eigenvalue weighted by Crippen LogP contribution is -2.15. The summed E-state index contributed by atoms with van der Waals surface area (Å²) in [5, 5.41) is 15.4. The van der Waals surface area contributed by atoms with E-state index in [1.54, 1.807) is 0 Å². The van der Waals surface area contributed by atoms with Gasteiger partial charge in [0.05, 0.1) is 34.1 Å². The first-order valence-corrected chi connectivity index (χ1v) is 28.1. The standard InChI is InChI=1S/C74H56N2O4/c1-7-73(3,4)55-27-13-21-49-51-25-17-31-61(71(51)79-67(49)55)75(59-29-15-23-47-45-19-9-11-33-63(45)77-69(47)59)57-41-37-43-36-40-54-58(42-38-44-35-39-53(57)65(43)66(44)54)76(60-30-16-24-48-46-20-10-12-34-64(46)78-70(48)60)62-32-18-26-52-50-22-14-28-56(74(5,6)8-2)68(50)80-72(52)62/h9-42H,7-8H2,1-6H3. The fourth-order valence-electron chi connectivity index (χ4n) is 13.2. The highest BCUT2D eigenvalue weighted by molar-refractivity contribution is 6.29. The van der Waals surface area contributed by atoms with Gasteiger partial charge >= 0.3 is 0 Å². The van der Waals surface area contributed by atoms with Gasteiger partial charge in [-0.2, -0.15) is 0 Å². The summed E-state index contributed by atoms with van der Waals surface area (Å²) in [5.74, 6) is 0. The molecule has 0 unspecified atom stereocenters. The van der Waals surface area contributed by atoms with Gasteiger partial charge in [0.15, 0.2) is 22.3 Å². The van der Waals surface area contributed by atoms with Gasteiger partial charge in [0.2, 0.25) is 0 Å². The van der Waals surface area contributed by atoms with Crippen LogP contribution in [0.3, 0.4) is 0 Å². The van der Waals surface area contributed by atoms with Crippen LogP contribution in [-0.2, 0) is 10.8 Å². The van der Waals surface area contributed by atoms with E-state index in [1.807, 2.05) is 12.1 Å². The molecule has 0 bridgehead atoms. The Hall–Kier alpha value is -9.52. The van der Waals surface area contributed by atoms with Gasteiger partial charge in [0.1, 0.15) is 22.3 Å². The molecule has 6 heteroatoms. The summed E-state index contributed by atoms with van der Waals surface area (Å²) in [4.78, 5) is 4.77. The average Bonchev–Trinajstić information content (AvgIpc) is 4.26. The molecule has 0 aliphatic carbocycles. The molecule has 6 nitrogen and oxygen atoms in total. The first kappa shape index (κ1) is 46.6. The second kappa shape index (κ2) is 17.0. The van der Waals surface area contributed by atoms with Gasteiger partial charge < -0.3 is 27.5 Å². The molecule has 4 aromatic heterocycles. The minimum atomic E-state index is -0.0971. The van der Waals surface area contributed by atoms with Crippen LogP contribution >= 0.6 is 0 Å². The van der Waals surface area contributed by atoms with Crippen molar-refractivity contribution in [1.29, 1.82) is 0 Å². The van der Waals surface area contributed by atoms with Crippen molar-refractivity contribution in [1.82, 2.24) is 0 Å². The van der Waals surface area contributed by atoms with E-state index in [9.17, 15) is 0 Å². The van der Waals surface area contributed by atoms with Crippen LogP contribution in [0.25, 0.3) is 120 Å². The quantitative estimate of drug-likeness (QED) is 0.127. The topological polar surface area (TPSA) is 59.0 Å². The van der Waals surface area contributed by atoms with E-state index >= 15 is 0 Å². The molecule has 80 heavy (non-hydrogen) atoms. The van der Waals surface area contributed by atoms with Crippen molar-refractivity contribution in [3.8, 4) is 0 Å². The van der Waals surface area contributed by atoms with Crippen molar-refractivity contribution in [2.75, 3.05) is 9.80 Å². The summed E-state index contributed by atoms with van der Waals surface area (Å²) in [7, 11) is 0. The highest BCUT2D eigenvalue weighted by Crippen LogP contribution is 2.54. The molecule has 16 rings (SSSR count). The van der Waals surface area contributed by atoms with E-state index in [0.717, 1.165) is 156 Å². The van der Waals surface area contributed by atoms with Crippen molar-refractivity contribution in [2.24, 2.45) is 0 Å². The Morgan fingerprint density at radius 1 is 0.275 bits per heavy atom. The Bertz CT molecular complexity index is 4870. The van der Waals surface area contributed by atoms with Gasteiger partial charge in [0.25, 0.3) is 0 Å². The maximum absolute atomic E-state index is 7.28. The van der Waals surface area contributed by atoms with E-state index in [4.69, 9.17) is 17.7 Å². The highest BCUT2D eigenvalue weighted by atomic mass is 16.3. The Morgan fingerprint density at radius 3 is 0.975 bits per heavy atom. The number of hydrogen-bond donors (Lipinski definition) is 0. The zero-order chi connectivity index (χ0) is 53.8. The van der Waals surface area contributed by atoms with Crippen molar-refractivity contribution in [3.05, 3.63) is 217 Å². The molecule has 0 fully saturated rings. The van der Waals surface area contributed by atoms with E-state index < -0.39 is 0 Å². The van der Waals surface area contributed by atoms with Crippen molar-refractivity contribution >= 4 is 154 Å². The first-order chi connectivity index (χ1) is 39.1. The van der Waals surface area contributed by atoms with E-state index in [0.29, 0.717) is 0 Å². The Balaban J connectivity index is 0.988. The predicted molar refractivity (Wildman–Crippen MR) is 335 cm³/mol. The van der Waals surface area contributed by atoms with Crippen LogP contribution in [0.2, 0.25) is 0 Å². The lowest BCUT2D eigenvalue weighted by atomic mass is 9.81. The molecule has 4 heterocycles. The number of para-hydroxylation sites is 8. The number of hydrogen-bond acceptors (Lipinski definition) is 6. The third kappa shape index (κ3) is 6.53. The number of nitrogens with zero attached hydrogens (tertiary/aromatic N) is 2. The normalized spacial score (nSPS) is 12.7. The van der Waals surface area contributed by atoms with Crippen LogP contribution in [0.15, 0.2) is 224 Å². The molecule has 0 N–H and O–H groups in total. The molecule has 0 atom stereocenters. The molecule has 0 radical (unpaired) electrons. The molecule has 12 aromatic carbocycles. The number of rotatable bonds is 10. The summed E-state index contributed by atoms with van der Waals surface area (Å²) in [6, 6.07) is 74.4. The minimum absolute atomic E-state index is 0.0971. The predicted octanol–water partition coefficient (Wildman–Crippen LogP) is 22.5. The van der Waals surface area contributed by atoms with Crippen LogP contribution in [0.1, 0.15) is 65.5 Å². The molecule has 0 amide bonds. The van der Waals surface area contributed by atoms with Crippen molar-refractivity contribution in [2.45, 2.75) is 65.2 Å². The molecular formula is C74H56N2O4. The van der Waals surface area contributed by atoms with Gasteiger partial charge in [-0.1, -0.05) is 199 Å². The maximum Gasteiger partial charge on any atom is 0.159 e. The zero-order valence-electron chi connectivity index (χ0n) is 45.6. The lowest BCUT2D eigenvalue weighted by Gasteiger charge is -2.29. The number of benzene rings is 12. The maximum atomic E-state index is 7.28. The minimum Gasteiger partial charge on any atom is -0.454 e. The lowest BCUT2D eigenvalue weighted by molar-refractivity contribution is 0.500. The molecule has 0 aliphatic rings. The van der Waals surface area contributed by atoms with Gasteiger partial charge in [-0.05, 0) is 93.7 Å². The van der Waals surface area contributed by atoms with Crippen LogP contribution in [0.4, 0.5) is 34.1 Å². The van der Waals surface area contributed by atoms with Gasteiger partial charge in [-0.15, -0.1) is 0 Å². The summed E-state index contributed by atoms with van der Waals surface area (Å²) in [6.07, 6.45) is 1.95. The molecule has 0 saturated carbocycles. The SMILES string of the molecule is CCC(C)(C)c1cccc2c1oc1c(N(c3ccc4ccc5c(N(c6cccc7c6oc6ccccc67)c6cccc7c6oc6c(C(C)(C)CC)cccc67)ccc6ccc3c4c65)c3cccc4c3oc3ccccc34)cccc12. The van der Waals surface area contributed by atoms with Crippen LogP contribution < -0.4 is 9.80 Å². The number of anilines is 6. The zero-order valence-corrected chi connectivity index (χ0v) is 45.6. The second-order valence-electron chi connectivity index (χ2n) is 23.1. The van der Waals surface area contributed by atoms with Crippen LogP contribution in [0, 0.1) is 0 Å². The Labute approximate surface area is 461 Å². The Morgan fingerprint density at radius 2 is 0.588 bits per heavy atom. The summed E-state index contributed by atoms with van der Waals surface area (Å²) < 4.78 is 28.5. The van der Waals surface area contributed by atoms with Gasteiger partial charge in [-0.25, -0.2) is 0 Å². The largest absolute Gasteiger partial charge is 0.454 e. The fourth-order valence-corrected chi connectivity index (χ4v) is 13.2. The van der Waals surface area contributed by atoms with Crippen molar-refractivity contribution in [3.63, 3.8) is 0 Å². The third-order valence-corrected chi connectivity index (χ3v) is 18.1. The third-order valence-electron chi connectivity index (χ3n) is 18.1. The summed E-state index contributed by atoms with van der Waals surface area (Å²) in [6.45, 7) is 13.7. The second-order valence-corrected chi connectivity index (χ2v) is 23.1. The molecule has 0 aliphatic heterocycles. The molecule has 386 valence electrons. The fraction of sp³-hybridized carbons (Fsp3) is 0.135. The summed E-state index contributed by atoms with van der Waals surface area (Å²) in [5.41, 5.74) is 14.7. The van der Waals surface area contributed by atoms with E-state index in [-0.39, 0.29) is 10.8 Å². The average molecular weight is 1040 g/mol.